The first-order valence-electron chi connectivity index (χ1n) is 17.6. The molecule has 6 aromatic heterocycles. The number of hydrogen-bond acceptors (Lipinski definition) is 6. The third kappa shape index (κ3) is 6.05. The molecule has 0 amide bonds. The fourth-order valence-corrected chi connectivity index (χ4v) is 7.83. The third-order valence-corrected chi connectivity index (χ3v) is 10.1. The van der Waals surface area contributed by atoms with E-state index in [9.17, 15) is 0 Å². The molecule has 1 aliphatic rings. The second kappa shape index (κ2) is 13.9. The molecule has 0 saturated heterocycles. The lowest BCUT2D eigenvalue weighted by molar-refractivity contribution is 0.229. The Balaban J connectivity index is 1.30. The van der Waals surface area contributed by atoms with E-state index < -0.39 is 0 Å². The van der Waals surface area contributed by atoms with E-state index in [0.717, 1.165) is 45.6 Å². The molecule has 6 nitrogen and oxygen atoms in total. The minimum Gasteiger partial charge on any atom is -0.255 e. The zero-order valence-electron chi connectivity index (χ0n) is 28.3. The van der Waals surface area contributed by atoms with E-state index in [0.29, 0.717) is 0 Å². The summed E-state index contributed by atoms with van der Waals surface area (Å²) in [7, 11) is 0. The quantitative estimate of drug-likeness (QED) is 0.160. The minimum atomic E-state index is 0.0797. The molecule has 0 aliphatic heterocycles. The first-order chi connectivity index (χ1) is 25.8. The molecule has 1 aliphatic carbocycles. The van der Waals surface area contributed by atoms with E-state index in [-0.39, 0.29) is 23.7 Å². The van der Waals surface area contributed by atoms with Crippen LogP contribution in [-0.4, -0.2) is 29.9 Å². The molecule has 0 bridgehead atoms. The summed E-state index contributed by atoms with van der Waals surface area (Å²) in [4.78, 5) is 29.2. The van der Waals surface area contributed by atoms with Gasteiger partial charge in [-0.3, -0.25) is 19.9 Å². The van der Waals surface area contributed by atoms with Crippen molar-refractivity contribution in [1.29, 1.82) is 0 Å². The normalized spacial score (nSPS) is 18.0. The van der Waals surface area contributed by atoms with E-state index in [4.69, 9.17) is 29.9 Å². The molecule has 9 rings (SSSR count). The molecule has 8 aromatic rings. The lowest BCUT2D eigenvalue weighted by Gasteiger charge is -2.54. The van der Waals surface area contributed by atoms with Crippen molar-refractivity contribution >= 4 is 0 Å². The maximum Gasteiger partial charge on any atom is 0.0897 e. The van der Waals surface area contributed by atoms with Gasteiger partial charge in [0.05, 0.1) is 45.6 Å². The molecule has 4 atom stereocenters. The van der Waals surface area contributed by atoms with E-state index in [1.54, 1.807) is 0 Å². The molecule has 248 valence electrons. The number of rotatable bonds is 8. The Morgan fingerprint density at radius 2 is 0.519 bits per heavy atom. The van der Waals surface area contributed by atoms with Crippen LogP contribution in [-0.2, 0) is 0 Å². The highest BCUT2D eigenvalue weighted by Gasteiger charge is 2.53. The topological polar surface area (TPSA) is 77.3 Å². The molecule has 1 saturated carbocycles. The van der Waals surface area contributed by atoms with E-state index >= 15 is 0 Å². The number of pyridine rings is 6. The lowest BCUT2D eigenvalue weighted by atomic mass is 9.49. The van der Waals surface area contributed by atoms with Crippen molar-refractivity contribution in [2.75, 3.05) is 0 Å². The predicted molar refractivity (Wildman–Crippen MR) is 205 cm³/mol. The van der Waals surface area contributed by atoms with Gasteiger partial charge in [0.15, 0.2) is 0 Å². The zero-order valence-corrected chi connectivity index (χ0v) is 28.3. The summed E-state index contributed by atoms with van der Waals surface area (Å²) in [5.41, 5.74) is 11.6. The maximum atomic E-state index is 5.14. The highest BCUT2D eigenvalue weighted by molar-refractivity contribution is 5.67. The SMILES string of the molecule is c1ccc([C@@H]2[C@H](c3ccccc3)[C@@H](c3cc(-c4ccccn4)nc(-c4ccccn4)c3)[C@H]2c2cc(-c3ccccn3)nc(-c3ccccn3)c2)cc1. The van der Waals surface area contributed by atoms with Crippen LogP contribution in [0.4, 0.5) is 0 Å². The Hall–Kier alpha value is -6.66. The molecule has 1 fully saturated rings. The summed E-state index contributed by atoms with van der Waals surface area (Å²) in [5, 5.41) is 0. The summed E-state index contributed by atoms with van der Waals surface area (Å²) in [6, 6.07) is 54.7. The van der Waals surface area contributed by atoms with Crippen LogP contribution in [0.5, 0.6) is 0 Å². The Bertz CT molecular complexity index is 2120. The highest BCUT2D eigenvalue weighted by Crippen LogP contribution is 2.67. The minimum absolute atomic E-state index is 0.0797. The molecule has 0 radical (unpaired) electrons. The first-order valence-corrected chi connectivity index (χ1v) is 17.6. The monoisotopic (exact) mass is 670 g/mol. The van der Waals surface area contributed by atoms with Crippen molar-refractivity contribution in [3.05, 3.63) is 205 Å². The molecular formula is C46H34N6. The summed E-state index contributed by atoms with van der Waals surface area (Å²) < 4.78 is 0. The van der Waals surface area contributed by atoms with Crippen molar-refractivity contribution in [2.24, 2.45) is 0 Å². The Morgan fingerprint density at radius 3 is 0.788 bits per heavy atom. The van der Waals surface area contributed by atoms with E-state index in [2.05, 4.69) is 84.9 Å². The van der Waals surface area contributed by atoms with Gasteiger partial charge in [0.2, 0.25) is 0 Å². The number of benzene rings is 2. The Labute approximate surface area is 303 Å². The standard InChI is InChI=1S/C46H34N6/c1-3-15-31(16-4-1)43-44(32-17-5-2-6-18-32)46(34-29-41(37-21-9-13-25-49-37)52-42(30-34)38-22-10-14-26-50-38)45(43)33-27-39(35-19-7-11-23-47-35)51-40(28-33)36-20-8-12-24-48-36/h1-30,43-46H/t43-,44+,45+,46-. The molecular weight excluding hydrogens is 637 g/mol. The number of nitrogens with zero attached hydrogens (tertiary/aromatic N) is 6. The lowest BCUT2D eigenvalue weighted by Crippen LogP contribution is -2.40. The zero-order chi connectivity index (χ0) is 34.7. The van der Waals surface area contributed by atoms with Crippen molar-refractivity contribution in [2.45, 2.75) is 23.7 Å². The van der Waals surface area contributed by atoms with Gasteiger partial charge in [0.25, 0.3) is 0 Å². The second-order valence-corrected chi connectivity index (χ2v) is 13.1. The van der Waals surface area contributed by atoms with E-state index in [1.165, 1.54) is 22.3 Å². The van der Waals surface area contributed by atoms with Gasteiger partial charge < -0.3 is 0 Å². The van der Waals surface area contributed by atoms with Crippen LogP contribution in [0.3, 0.4) is 0 Å². The maximum absolute atomic E-state index is 5.14. The first kappa shape index (κ1) is 31.3. The second-order valence-electron chi connectivity index (χ2n) is 13.1. The Morgan fingerprint density at radius 1 is 0.250 bits per heavy atom. The number of aromatic nitrogens is 6. The molecule has 0 unspecified atom stereocenters. The summed E-state index contributed by atoms with van der Waals surface area (Å²) in [6.07, 6.45) is 7.29. The van der Waals surface area contributed by atoms with Gasteiger partial charge in [-0.1, -0.05) is 84.9 Å². The van der Waals surface area contributed by atoms with Crippen LogP contribution >= 0.6 is 0 Å². The van der Waals surface area contributed by atoms with Gasteiger partial charge in [-0.2, -0.15) is 0 Å². The average molecular weight is 671 g/mol. The fraction of sp³-hybridized carbons (Fsp3) is 0.0870. The van der Waals surface area contributed by atoms with Gasteiger partial charge in [0, 0.05) is 24.8 Å². The molecule has 6 heteroatoms. The fourth-order valence-electron chi connectivity index (χ4n) is 7.83. The van der Waals surface area contributed by atoms with Crippen LogP contribution in [0.1, 0.15) is 45.9 Å². The molecule has 0 N–H and O–H groups in total. The van der Waals surface area contributed by atoms with Crippen molar-refractivity contribution < 1.29 is 0 Å². The van der Waals surface area contributed by atoms with Crippen molar-refractivity contribution in [3.8, 4) is 45.6 Å². The summed E-state index contributed by atoms with van der Waals surface area (Å²) in [6.45, 7) is 0. The van der Waals surface area contributed by atoms with Gasteiger partial charge >= 0.3 is 0 Å². The van der Waals surface area contributed by atoms with E-state index in [1.807, 2.05) is 97.6 Å². The summed E-state index contributed by atoms with van der Waals surface area (Å²) >= 11 is 0. The van der Waals surface area contributed by atoms with Crippen LogP contribution in [0.2, 0.25) is 0 Å². The van der Waals surface area contributed by atoms with Gasteiger partial charge in [-0.25, -0.2) is 9.97 Å². The van der Waals surface area contributed by atoms with Crippen LogP contribution < -0.4 is 0 Å². The summed E-state index contributed by atoms with van der Waals surface area (Å²) in [5.74, 6) is 0.509. The van der Waals surface area contributed by atoms with Crippen molar-refractivity contribution in [1.82, 2.24) is 29.9 Å². The molecule has 6 heterocycles. The Kier molecular flexibility index (Phi) is 8.39. The van der Waals surface area contributed by atoms with Crippen molar-refractivity contribution in [3.63, 3.8) is 0 Å². The van der Waals surface area contributed by atoms with Crippen LogP contribution in [0.15, 0.2) is 183 Å². The average Bonchev–Trinajstić information content (AvgIpc) is 3.22. The van der Waals surface area contributed by atoms with Gasteiger partial charge in [-0.15, -0.1) is 0 Å². The predicted octanol–water partition coefficient (Wildman–Crippen LogP) is 10.2. The smallest absolute Gasteiger partial charge is 0.0897 e. The number of hydrogen-bond donors (Lipinski definition) is 0. The highest BCUT2D eigenvalue weighted by atomic mass is 14.8. The molecule has 52 heavy (non-hydrogen) atoms. The van der Waals surface area contributed by atoms with Crippen LogP contribution in [0.25, 0.3) is 45.6 Å². The molecule has 0 spiro atoms. The largest absolute Gasteiger partial charge is 0.255 e. The van der Waals surface area contributed by atoms with Crippen LogP contribution in [0, 0.1) is 0 Å². The van der Waals surface area contributed by atoms with Gasteiger partial charge in [-0.05, 0) is 119 Å². The molecule has 2 aromatic carbocycles. The third-order valence-electron chi connectivity index (χ3n) is 10.1. The van der Waals surface area contributed by atoms with Gasteiger partial charge in [0.1, 0.15) is 0 Å².